The molecule has 0 unspecified atom stereocenters. The molecule has 4 heterocycles. The van der Waals surface area contributed by atoms with Crippen molar-refractivity contribution in [2.24, 2.45) is 17.8 Å². The molecule has 0 radical (unpaired) electrons. The van der Waals surface area contributed by atoms with Crippen LogP contribution in [-0.4, -0.2) is 94.8 Å². The zero-order chi connectivity index (χ0) is 27.8. The molecule has 3 atom stereocenters. The van der Waals surface area contributed by atoms with Crippen molar-refractivity contribution in [3.05, 3.63) is 30.1 Å². The molecule has 3 fully saturated rings. The molecule has 3 aliphatic rings. The van der Waals surface area contributed by atoms with Gasteiger partial charge in [0.2, 0.25) is 0 Å². The zero-order valence-corrected chi connectivity index (χ0v) is 19.2. The van der Waals surface area contributed by atoms with Gasteiger partial charge in [0.05, 0.1) is 32.3 Å². The zero-order valence-electron chi connectivity index (χ0n) is 19.2. The fraction of sp³-hybridized carbons (Fsp3) is 0.619. The number of carboxylic acids is 2. The van der Waals surface area contributed by atoms with E-state index in [1.165, 1.54) is 5.56 Å². The number of pyridine rings is 1. The van der Waals surface area contributed by atoms with E-state index >= 15 is 0 Å². The Balaban J connectivity index is 0.000000286. The Labute approximate surface area is 206 Å². The molecule has 16 heteroatoms. The van der Waals surface area contributed by atoms with Gasteiger partial charge in [-0.2, -0.15) is 26.3 Å². The van der Waals surface area contributed by atoms with Gasteiger partial charge in [-0.25, -0.2) is 14.7 Å². The van der Waals surface area contributed by atoms with Gasteiger partial charge in [0, 0.05) is 32.0 Å². The number of amides is 1. The molecule has 0 bridgehead atoms. The first-order chi connectivity index (χ1) is 17.2. The van der Waals surface area contributed by atoms with E-state index in [0.29, 0.717) is 31.6 Å². The van der Waals surface area contributed by atoms with Crippen LogP contribution in [0.5, 0.6) is 0 Å². The fourth-order valence-electron chi connectivity index (χ4n) is 4.03. The molecule has 2 N–H and O–H groups in total. The first-order valence-electron chi connectivity index (χ1n) is 10.9. The number of carbonyl (C=O) groups excluding carboxylic acids is 1. The SMILES string of the molecule is O=C(O)C(F)(F)F.O=C(O)C(F)(F)F.O=C([C@H]1COC[C@H]2CN(Cc3cccnc3)C[C@H]21)N1CCCO1. The average Bonchev–Trinajstić information content (AvgIpc) is 3.48. The van der Waals surface area contributed by atoms with Crippen LogP contribution in [0.15, 0.2) is 24.5 Å². The maximum atomic E-state index is 12.7. The van der Waals surface area contributed by atoms with Gasteiger partial charge in [-0.05, 0) is 29.9 Å². The van der Waals surface area contributed by atoms with Gasteiger partial charge in [-0.1, -0.05) is 6.07 Å². The molecule has 0 aromatic carbocycles. The lowest BCUT2D eigenvalue weighted by molar-refractivity contribution is -0.193. The van der Waals surface area contributed by atoms with E-state index in [1.807, 2.05) is 12.3 Å². The summed E-state index contributed by atoms with van der Waals surface area (Å²) in [6.45, 7) is 5.49. The summed E-state index contributed by atoms with van der Waals surface area (Å²) in [4.78, 5) is 42.5. The maximum Gasteiger partial charge on any atom is 0.490 e. The van der Waals surface area contributed by atoms with Crippen LogP contribution in [0.4, 0.5) is 26.3 Å². The van der Waals surface area contributed by atoms with Gasteiger partial charge in [0.15, 0.2) is 0 Å². The van der Waals surface area contributed by atoms with Crippen LogP contribution < -0.4 is 0 Å². The Bertz CT molecular complexity index is 886. The number of alkyl halides is 6. The minimum atomic E-state index is -5.08. The lowest BCUT2D eigenvalue weighted by Crippen LogP contribution is -2.45. The number of aliphatic carboxylic acids is 2. The van der Waals surface area contributed by atoms with Crippen LogP contribution in [0.1, 0.15) is 12.0 Å². The normalized spacial score (nSPS) is 23.7. The Morgan fingerprint density at radius 3 is 2.14 bits per heavy atom. The molecular weight excluding hydrogens is 520 g/mol. The Kier molecular flexibility index (Phi) is 10.6. The minimum absolute atomic E-state index is 0.0641. The quantitative estimate of drug-likeness (QED) is 0.550. The van der Waals surface area contributed by atoms with Crippen LogP contribution in [-0.2, 0) is 30.5 Å². The number of aromatic nitrogens is 1. The number of ether oxygens (including phenoxy) is 1. The van der Waals surface area contributed by atoms with Gasteiger partial charge in [0.1, 0.15) is 0 Å². The lowest BCUT2D eigenvalue weighted by atomic mass is 9.82. The maximum absolute atomic E-state index is 12.7. The van der Waals surface area contributed by atoms with Gasteiger partial charge >= 0.3 is 24.3 Å². The monoisotopic (exact) mass is 545 g/mol. The predicted octanol–water partition coefficient (Wildman–Crippen LogP) is 2.21. The molecular formula is C21H25F6N3O7. The van der Waals surface area contributed by atoms with Crippen molar-refractivity contribution in [1.82, 2.24) is 14.9 Å². The van der Waals surface area contributed by atoms with E-state index in [0.717, 1.165) is 32.7 Å². The summed E-state index contributed by atoms with van der Waals surface area (Å²) >= 11 is 0. The lowest BCUT2D eigenvalue weighted by Gasteiger charge is -2.33. The highest BCUT2D eigenvalue weighted by Gasteiger charge is 2.45. The van der Waals surface area contributed by atoms with Crippen molar-refractivity contribution in [1.29, 1.82) is 0 Å². The summed E-state index contributed by atoms with van der Waals surface area (Å²) < 4.78 is 69.2. The van der Waals surface area contributed by atoms with Gasteiger partial charge in [0.25, 0.3) is 5.91 Å². The molecule has 1 aromatic rings. The number of carbonyl (C=O) groups is 3. The number of carboxylic acid groups (broad SMARTS) is 2. The van der Waals surface area contributed by atoms with Crippen LogP contribution in [0.3, 0.4) is 0 Å². The third-order valence-electron chi connectivity index (χ3n) is 5.64. The number of rotatable bonds is 3. The van der Waals surface area contributed by atoms with Crippen molar-refractivity contribution in [3.63, 3.8) is 0 Å². The van der Waals surface area contributed by atoms with Crippen molar-refractivity contribution >= 4 is 17.8 Å². The smallest absolute Gasteiger partial charge is 0.475 e. The van der Waals surface area contributed by atoms with Crippen molar-refractivity contribution in [3.8, 4) is 0 Å². The number of hydrogen-bond donors (Lipinski definition) is 2. The van der Waals surface area contributed by atoms with Gasteiger partial charge < -0.3 is 14.9 Å². The van der Waals surface area contributed by atoms with E-state index in [2.05, 4.69) is 16.0 Å². The Hall–Kier alpha value is -2.98. The molecule has 37 heavy (non-hydrogen) atoms. The van der Waals surface area contributed by atoms with E-state index in [-0.39, 0.29) is 11.8 Å². The van der Waals surface area contributed by atoms with Crippen LogP contribution in [0.25, 0.3) is 0 Å². The number of likely N-dealkylation sites (tertiary alicyclic amines) is 1. The summed E-state index contributed by atoms with van der Waals surface area (Å²) in [6.07, 6.45) is -5.52. The molecule has 3 aliphatic heterocycles. The summed E-state index contributed by atoms with van der Waals surface area (Å²) in [5, 5.41) is 15.8. The van der Waals surface area contributed by atoms with E-state index < -0.39 is 24.3 Å². The molecule has 1 aromatic heterocycles. The molecule has 0 aliphatic carbocycles. The second-order valence-electron chi connectivity index (χ2n) is 8.36. The third kappa shape index (κ3) is 9.44. The number of hydrogen-bond acceptors (Lipinski definition) is 7. The Morgan fingerprint density at radius 2 is 1.65 bits per heavy atom. The first kappa shape index (κ1) is 30.2. The number of fused-ring (bicyclic) bond motifs is 1. The highest BCUT2D eigenvalue weighted by Crippen LogP contribution is 2.36. The van der Waals surface area contributed by atoms with Crippen LogP contribution in [0, 0.1) is 17.8 Å². The number of halogens is 6. The van der Waals surface area contributed by atoms with Crippen LogP contribution in [0.2, 0.25) is 0 Å². The molecule has 4 rings (SSSR count). The second-order valence-corrected chi connectivity index (χ2v) is 8.36. The molecule has 0 spiro atoms. The molecule has 1 amide bonds. The number of nitrogens with zero attached hydrogens (tertiary/aromatic N) is 3. The summed E-state index contributed by atoms with van der Waals surface area (Å²) in [5.74, 6) is -4.65. The number of hydroxylamine groups is 2. The molecule has 10 nitrogen and oxygen atoms in total. The van der Waals surface area contributed by atoms with Crippen molar-refractivity contribution in [2.75, 3.05) is 39.5 Å². The van der Waals surface area contributed by atoms with Gasteiger partial charge in [-0.15, -0.1) is 0 Å². The van der Waals surface area contributed by atoms with E-state index in [4.69, 9.17) is 29.4 Å². The average molecular weight is 545 g/mol. The predicted molar refractivity (Wildman–Crippen MR) is 110 cm³/mol. The summed E-state index contributed by atoms with van der Waals surface area (Å²) in [6, 6.07) is 4.07. The molecule has 3 saturated heterocycles. The van der Waals surface area contributed by atoms with E-state index in [1.54, 1.807) is 11.3 Å². The summed E-state index contributed by atoms with van der Waals surface area (Å²) in [5.41, 5.74) is 1.22. The highest BCUT2D eigenvalue weighted by molar-refractivity contribution is 5.78. The first-order valence-corrected chi connectivity index (χ1v) is 10.9. The highest BCUT2D eigenvalue weighted by atomic mass is 19.4. The fourth-order valence-corrected chi connectivity index (χ4v) is 4.03. The van der Waals surface area contributed by atoms with Crippen molar-refractivity contribution < 1.29 is 60.5 Å². The van der Waals surface area contributed by atoms with Crippen molar-refractivity contribution in [2.45, 2.75) is 25.3 Å². The molecule has 0 saturated carbocycles. The molecule has 208 valence electrons. The largest absolute Gasteiger partial charge is 0.490 e. The van der Waals surface area contributed by atoms with Gasteiger partial charge in [-0.3, -0.25) is 19.5 Å². The topological polar surface area (TPSA) is 129 Å². The Morgan fingerprint density at radius 1 is 1.03 bits per heavy atom. The summed E-state index contributed by atoms with van der Waals surface area (Å²) in [7, 11) is 0. The minimum Gasteiger partial charge on any atom is -0.475 e. The second kappa shape index (κ2) is 13.0. The van der Waals surface area contributed by atoms with E-state index in [9.17, 15) is 31.1 Å². The standard InChI is InChI=1S/C17H23N3O3.2C2HF3O2/c21-17(20-5-2-6-23-20)16-12-22-11-14-9-19(10-15(14)16)8-13-3-1-4-18-7-13;2*3-2(4,5)1(6)7/h1,3-4,7,14-16H,2,5-6,8-12H2;2*(H,6,7)/t14-,15-,16+;;/m1../s1. The van der Waals surface area contributed by atoms with Crippen LogP contribution >= 0.6 is 0 Å². The third-order valence-corrected chi connectivity index (χ3v) is 5.64.